The van der Waals surface area contributed by atoms with E-state index in [0.29, 0.717) is 18.0 Å². The molecule has 0 radical (unpaired) electrons. The van der Waals surface area contributed by atoms with Crippen LogP contribution >= 0.6 is 0 Å². The first-order valence-electron chi connectivity index (χ1n) is 7.98. The van der Waals surface area contributed by atoms with Gasteiger partial charge in [-0.1, -0.05) is 12.1 Å². The predicted octanol–water partition coefficient (Wildman–Crippen LogP) is 3.56. The number of aromatic nitrogens is 2. The number of nitriles is 1. The Morgan fingerprint density at radius 3 is 2.96 bits per heavy atom. The van der Waals surface area contributed by atoms with Gasteiger partial charge in [0.05, 0.1) is 18.2 Å². The van der Waals surface area contributed by atoms with Crippen molar-refractivity contribution in [2.24, 2.45) is 0 Å². The molecule has 5 heteroatoms. The zero-order valence-corrected chi connectivity index (χ0v) is 13.1. The van der Waals surface area contributed by atoms with Gasteiger partial charge in [0.25, 0.3) is 0 Å². The fourth-order valence-electron chi connectivity index (χ4n) is 2.98. The molecule has 24 heavy (non-hydrogen) atoms. The topological polar surface area (TPSA) is 66.0 Å². The Hall–Kier alpha value is -3.13. The molecule has 0 unspecified atom stereocenters. The van der Waals surface area contributed by atoms with Gasteiger partial charge in [0.1, 0.15) is 17.1 Å². The van der Waals surface area contributed by atoms with Crippen molar-refractivity contribution in [3.63, 3.8) is 0 Å². The molecule has 0 amide bonds. The maximum Gasteiger partial charge on any atom is 0.245 e. The quantitative estimate of drug-likeness (QED) is 0.723. The fraction of sp³-hybridized carbons (Fsp3) is 0.211. The van der Waals surface area contributed by atoms with Gasteiger partial charge in [0.15, 0.2) is 0 Å². The van der Waals surface area contributed by atoms with Crippen molar-refractivity contribution in [2.45, 2.75) is 19.4 Å². The Morgan fingerprint density at radius 2 is 2.12 bits per heavy atom. The van der Waals surface area contributed by atoms with Gasteiger partial charge >= 0.3 is 0 Å². The number of pyridine rings is 1. The first-order chi connectivity index (χ1) is 11.8. The van der Waals surface area contributed by atoms with Gasteiger partial charge < -0.3 is 9.32 Å². The van der Waals surface area contributed by atoms with Crippen LogP contribution in [0.1, 0.15) is 23.4 Å². The van der Waals surface area contributed by atoms with Crippen molar-refractivity contribution >= 4 is 5.69 Å². The summed E-state index contributed by atoms with van der Waals surface area (Å²) in [7, 11) is 0. The standard InChI is InChI=1S/C19H16N4O/c20-12-14-5-3-6-15(11-14)23-10-4-8-18-17(13-23)22-19(24-18)16-7-1-2-9-21-16/h1-3,5-7,9,11H,4,8,10,13H2. The lowest BCUT2D eigenvalue weighted by atomic mass is 10.2. The van der Waals surface area contributed by atoms with E-state index in [-0.39, 0.29) is 0 Å². The molecule has 2 aromatic heterocycles. The zero-order chi connectivity index (χ0) is 16.4. The Morgan fingerprint density at radius 1 is 1.17 bits per heavy atom. The molecule has 3 aromatic rings. The summed E-state index contributed by atoms with van der Waals surface area (Å²) in [4.78, 5) is 11.2. The molecule has 0 N–H and O–H groups in total. The summed E-state index contributed by atoms with van der Waals surface area (Å²) in [6.45, 7) is 1.60. The maximum atomic E-state index is 9.10. The third-order valence-corrected chi connectivity index (χ3v) is 4.18. The number of rotatable bonds is 2. The lowest BCUT2D eigenvalue weighted by Gasteiger charge is -2.22. The molecule has 1 aliphatic rings. The summed E-state index contributed by atoms with van der Waals surface area (Å²) in [6, 6.07) is 15.6. The second kappa shape index (κ2) is 6.17. The van der Waals surface area contributed by atoms with E-state index in [0.717, 1.165) is 42.2 Å². The van der Waals surface area contributed by atoms with Crippen molar-refractivity contribution in [3.8, 4) is 17.7 Å². The zero-order valence-electron chi connectivity index (χ0n) is 13.1. The van der Waals surface area contributed by atoms with E-state index >= 15 is 0 Å². The molecule has 1 aliphatic heterocycles. The van der Waals surface area contributed by atoms with Crippen LogP contribution in [0.15, 0.2) is 53.1 Å². The number of hydrogen-bond acceptors (Lipinski definition) is 5. The van der Waals surface area contributed by atoms with Crippen LogP contribution < -0.4 is 4.90 Å². The number of hydrogen-bond donors (Lipinski definition) is 0. The maximum absolute atomic E-state index is 9.10. The van der Waals surface area contributed by atoms with E-state index < -0.39 is 0 Å². The highest BCUT2D eigenvalue weighted by molar-refractivity contribution is 5.53. The lowest BCUT2D eigenvalue weighted by Crippen LogP contribution is -2.22. The number of nitrogens with zero attached hydrogens (tertiary/aromatic N) is 4. The van der Waals surface area contributed by atoms with Crippen LogP contribution in [0.4, 0.5) is 5.69 Å². The van der Waals surface area contributed by atoms with E-state index in [4.69, 9.17) is 9.68 Å². The minimum atomic E-state index is 0.577. The molecule has 0 saturated carbocycles. The first kappa shape index (κ1) is 14.5. The minimum Gasteiger partial charge on any atom is -0.440 e. The number of fused-ring (bicyclic) bond motifs is 1. The van der Waals surface area contributed by atoms with E-state index in [9.17, 15) is 0 Å². The molecule has 118 valence electrons. The van der Waals surface area contributed by atoms with E-state index in [1.54, 1.807) is 6.20 Å². The Bertz CT molecular complexity index is 895. The molecule has 0 spiro atoms. The van der Waals surface area contributed by atoms with Gasteiger partial charge in [-0.05, 0) is 36.8 Å². The fourth-order valence-corrected chi connectivity index (χ4v) is 2.98. The van der Waals surface area contributed by atoms with Crippen LogP contribution in [0.5, 0.6) is 0 Å². The summed E-state index contributed by atoms with van der Waals surface area (Å²) in [5.74, 6) is 1.52. The van der Waals surface area contributed by atoms with Crippen LogP contribution in [-0.2, 0) is 13.0 Å². The number of anilines is 1. The summed E-state index contributed by atoms with van der Waals surface area (Å²) in [5, 5.41) is 9.10. The van der Waals surface area contributed by atoms with E-state index in [2.05, 4.69) is 20.9 Å². The number of oxazole rings is 1. The normalized spacial score (nSPS) is 13.9. The van der Waals surface area contributed by atoms with Crippen LogP contribution in [0.3, 0.4) is 0 Å². The number of benzene rings is 1. The van der Waals surface area contributed by atoms with Crippen molar-refractivity contribution < 1.29 is 4.42 Å². The summed E-state index contributed by atoms with van der Waals surface area (Å²) in [5.41, 5.74) is 3.43. The van der Waals surface area contributed by atoms with Gasteiger partial charge in [0.2, 0.25) is 5.89 Å². The molecule has 0 atom stereocenters. The third-order valence-electron chi connectivity index (χ3n) is 4.18. The van der Waals surface area contributed by atoms with Gasteiger partial charge in [-0.15, -0.1) is 0 Å². The summed E-state index contributed by atoms with van der Waals surface area (Å²) >= 11 is 0. The summed E-state index contributed by atoms with van der Waals surface area (Å²) in [6.07, 6.45) is 3.59. The lowest BCUT2D eigenvalue weighted by molar-refractivity contribution is 0.511. The van der Waals surface area contributed by atoms with E-state index in [1.807, 2.05) is 42.5 Å². The molecule has 0 bridgehead atoms. The molecule has 0 fully saturated rings. The van der Waals surface area contributed by atoms with Crippen LogP contribution in [-0.4, -0.2) is 16.5 Å². The molecule has 5 nitrogen and oxygen atoms in total. The average Bonchev–Trinajstić information content (AvgIpc) is 2.94. The average molecular weight is 316 g/mol. The van der Waals surface area contributed by atoms with Gasteiger partial charge in [-0.25, -0.2) is 4.98 Å². The van der Waals surface area contributed by atoms with Crippen molar-refractivity contribution in [3.05, 3.63) is 65.7 Å². The molecule has 4 rings (SSSR count). The van der Waals surface area contributed by atoms with Crippen LogP contribution in [0.2, 0.25) is 0 Å². The molecule has 0 aliphatic carbocycles. The Labute approximate surface area is 140 Å². The van der Waals surface area contributed by atoms with Gasteiger partial charge in [-0.2, -0.15) is 5.26 Å². The predicted molar refractivity (Wildman–Crippen MR) is 90.3 cm³/mol. The van der Waals surface area contributed by atoms with Gasteiger partial charge in [-0.3, -0.25) is 4.98 Å². The number of aryl methyl sites for hydroxylation is 1. The van der Waals surface area contributed by atoms with Gasteiger partial charge in [0, 0.05) is 24.8 Å². The highest BCUT2D eigenvalue weighted by Gasteiger charge is 2.21. The van der Waals surface area contributed by atoms with Crippen molar-refractivity contribution in [2.75, 3.05) is 11.4 Å². The minimum absolute atomic E-state index is 0.577. The highest BCUT2D eigenvalue weighted by atomic mass is 16.4. The van der Waals surface area contributed by atoms with Crippen molar-refractivity contribution in [1.82, 2.24) is 9.97 Å². The highest BCUT2D eigenvalue weighted by Crippen LogP contribution is 2.27. The largest absolute Gasteiger partial charge is 0.440 e. The molecular weight excluding hydrogens is 300 g/mol. The molecular formula is C19H16N4O. The summed E-state index contributed by atoms with van der Waals surface area (Å²) < 4.78 is 5.95. The Balaban J connectivity index is 1.65. The second-order valence-corrected chi connectivity index (χ2v) is 5.79. The van der Waals surface area contributed by atoms with E-state index in [1.165, 1.54) is 0 Å². The van der Waals surface area contributed by atoms with Crippen LogP contribution in [0, 0.1) is 11.3 Å². The SMILES string of the molecule is N#Cc1cccc(N2CCCc3oc(-c4ccccn4)nc3C2)c1. The van der Waals surface area contributed by atoms with Crippen molar-refractivity contribution in [1.29, 1.82) is 5.26 Å². The smallest absolute Gasteiger partial charge is 0.245 e. The van der Waals surface area contributed by atoms with Crippen LogP contribution in [0.25, 0.3) is 11.6 Å². The second-order valence-electron chi connectivity index (χ2n) is 5.79. The Kier molecular flexibility index (Phi) is 3.72. The molecule has 1 aromatic carbocycles. The molecule has 3 heterocycles. The first-order valence-corrected chi connectivity index (χ1v) is 7.98. The monoisotopic (exact) mass is 316 g/mol. The third kappa shape index (κ3) is 2.74. The molecule has 0 saturated heterocycles.